The van der Waals surface area contributed by atoms with E-state index in [4.69, 9.17) is 35.4 Å². The first kappa shape index (κ1) is 15.0. The van der Waals surface area contributed by atoms with Crippen LogP contribution in [0, 0.1) is 0 Å². The maximum Gasteiger partial charge on any atom is 0.188 e. The number of thiazole rings is 1. The molecule has 2 aromatic heterocycles. The Hall–Kier alpha value is -0.400. The Morgan fingerprint density at radius 1 is 1.37 bits per heavy atom. The van der Waals surface area contributed by atoms with Gasteiger partial charge in [0.15, 0.2) is 10.2 Å². The molecule has 0 saturated carbocycles. The fraction of sp³-hybridized carbons (Fsp3) is 0.273. The maximum atomic E-state index is 6.06. The van der Waals surface area contributed by atoms with Crippen LogP contribution in [0.1, 0.15) is 11.3 Å². The Bertz CT molecular complexity index is 539. The molecule has 0 aliphatic carbocycles. The summed E-state index contributed by atoms with van der Waals surface area (Å²) in [6.45, 7) is 0.781. The third kappa shape index (κ3) is 4.57. The summed E-state index contributed by atoms with van der Waals surface area (Å²) in [6, 6.07) is 0. The predicted octanol–water partition coefficient (Wildman–Crippen LogP) is 4.43. The summed E-state index contributed by atoms with van der Waals surface area (Å²) in [5, 5.41) is 12.6. The van der Waals surface area contributed by atoms with E-state index in [1.54, 1.807) is 17.5 Å². The molecule has 102 valence electrons. The van der Waals surface area contributed by atoms with E-state index in [-0.39, 0.29) is 0 Å². The van der Waals surface area contributed by atoms with Gasteiger partial charge in [0.1, 0.15) is 0 Å². The fourth-order valence-electron chi connectivity index (χ4n) is 1.41. The van der Waals surface area contributed by atoms with Crippen molar-refractivity contribution in [2.75, 3.05) is 11.9 Å². The number of thiophene rings is 1. The first-order valence-electron chi connectivity index (χ1n) is 5.52. The van der Waals surface area contributed by atoms with Gasteiger partial charge in [-0.2, -0.15) is 0 Å². The molecule has 2 aromatic rings. The van der Waals surface area contributed by atoms with Gasteiger partial charge in [-0.25, -0.2) is 4.98 Å². The van der Waals surface area contributed by atoms with Crippen LogP contribution in [-0.2, 0) is 6.42 Å². The number of hydrogen-bond donors (Lipinski definition) is 2. The van der Waals surface area contributed by atoms with Crippen molar-refractivity contribution in [1.29, 1.82) is 0 Å². The van der Waals surface area contributed by atoms with Gasteiger partial charge in [-0.15, -0.1) is 22.7 Å². The van der Waals surface area contributed by atoms with Crippen LogP contribution < -0.4 is 10.6 Å². The number of aryl methyl sites for hydroxylation is 1. The standard InChI is InChI=1S/C11H11Cl2N3S3/c12-7-6-19-8(9(7)13)2-1-3-14-10(17)16-11-15-4-5-18-11/h4-6H,1-3H2,(H2,14,15,16,17). The first-order valence-corrected chi connectivity index (χ1v) is 8.45. The molecule has 0 atom stereocenters. The summed E-state index contributed by atoms with van der Waals surface area (Å²) in [4.78, 5) is 5.21. The van der Waals surface area contributed by atoms with E-state index in [0.29, 0.717) is 15.2 Å². The Morgan fingerprint density at radius 3 is 2.84 bits per heavy atom. The molecule has 0 radical (unpaired) electrons. The second-order valence-electron chi connectivity index (χ2n) is 3.64. The molecule has 0 aromatic carbocycles. The van der Waals surface area contributed by atoms with Gasteiger partial charge in [0.05, 0.1) is 10.0 Å². The van der Waals surface area contributed by atoms with Crippen LogP contribution in [0.25, 0.3) is 0 Å². The van der Waals surface area contributed by atoms with E-state index in [1.807, 2.05) is 10.8 Å². The largest absolute Gasteiger partial charge is 0.362 e. The number of nitrogens with one attached hydrogen (secondary N) is 2. The van der Waals surface area contributed by atoms with E-state index >= 15 is 0 Å². The Labute approximate surface area is 135 Å². The molecule has 0 unspecified atom stereocenters. The molecule has 0 aliphatic heterocycles. The molecule has 0 aliphatic rings. The van der Waals surface area contributed by atoms with E-state index in [9.17, 15) is 0 Å². The fourth-order valence-corrected chi connectivity index (χ4v) is 3.69. The molecule has 0 saturated heterocycles. The van der Waals surface area contributed by atoms with Crippen LogP contribution in [0.4, 0.5) is 5.13 Å². The minimum absolute atomic E-state index is 0.588. The highest BCUT2D eigenvalue weighted by molar-refractivity contribution is 7.80. The molecule has 2 N–H and O–H groups in total. The lowest BCUT2D eigenvalue weighted by molar-refractivity contribution is 0.784. The van der Waals surface area contributed by atoms with Crippen LogP contribution >= 0.6 is 58.1 Å². The molecule has 2 heterocycles. The van der Waals surface area contributed by atoms with Gasteiger partial charge in [-0.05, 0) is 25.1 Å². The average Bonchev–Trinajstić information content (AvgIpc) is 2.99. The molecule has 19 heavy (non-hydrogen) atoms. The number of rotatable bonds is 5. The highest BCUT2D eigenvalue weighted by Crippen LogP contribution is 2.32. The second kappa shape index (κ2) is 7.40. The number of nitrogens with zero attached hydrogens (tertiary/aromatic N) is 1. The number of anilines is 1. The molecule has 2 rings (SSSR count). The zero-order valence-electron chi connectivity index (χ0n) is 9.78. The quantitative estimate of drug-likeness (QED) is 0.617. The normalized spacial score (nSPS) is 10.4. The van der Waals surface area contributed by atoms with Gasteiger partial charge in [0, 0.05) is 28.4 Å². The molecule has 3 nitrogen and oxygen atoms in total. The second-order valence-corrected chi connectivity index (χ2v) is 6.69. The van der Waals surface area contributed by atoms with Crippen molar-refractivity contribution in [3.05, 3.63) is 31.9 Å². The number of hydrogen-bond acceptors (Lipinski definition) is 4. The summed E-state index contributed by atoms with van der Waals surface area (Å²) in [5.41, 5.74) is 0. The van der Waals surface area contributed by atoms with Crippen molar-refractivity contribution in [2.45, 2.75) is 12.8 Å². The zero-order chi connectivity index (χ0) is 13.7. The van der Waals surface area contributed by atoms with Crippen LogP contribution in [0.3, 0.4) is 0 Å². The van der Waals surface area contributed by atoms with E-state index < -0.39 is 0 Å². The Morgan fingerprint density at radius 2 is 2.21 bits per heavy atom. The molecule has 8 heteroatoms. The summed E-state index contributed by atoms with van der Waals surface area (Å²) in [5.74, 6) is 0. The summed E-state index contributed by atoms with van der Waals surface area (Å²) in [7, 11) is 0. The SMILES string of the molecule is S=C(NCCCc1scc(Cl)c1Cl)Nc1nccs1. The van der Waals surface area contributed by atoms with E-state index in [2.05, 4.69) is 15.6 Å². The van der Waals surface area contributed by atoms with Gasteiger partial charge in [-0.3, -0.25) is 0 Å². The molecule has 0 fully saturated rings. The third-order valence-electron chi connectivity index (χ3n) is 2.28. The highest BCUT2D eigenvalue weighted by Gasteiger charge is 2.07. The maximum absolute atomic E-state index is 6.06. The van der Waals surface area contributed by atoms with Gasteiger partial charge < -0.3 is 10.6 Å². The van der Waals surface area contributed by atoms with Crippen LogP contribution in [0.5, 0.6) is 0 Å². The van der Waals surface area contributed by atoms with Crippen molar-refractivity contribution in [1.82, 2.24) is 10.3 Å². The van der Waals surface area contributed by atoms with Crippen molar-refractivity contribution >= 4 is 68.3 Å². The van der Waals surface area contributed by atoms with Crippen LogP contribution in [0.2, 0.25) is 10.0 Å². The summed E-state index contributed by atoms with van der Waals surface area (Å²) < 4.78 is 0. The zero-order valence-corrected chi connectivity index (χ0v) is 13.7. The lowest BCUT2D eigenvalue weighted by atomic mass is 10.2. The third-order valence-corrected chi connectivity index (χ3v) is 5.33. The number of aromatic nitrogens is 1. The average molecular weight is 352 g/mol. The van der Waals surface area contributed by atoms with Crippen molar-refractivity contribution in [3.63, 3.8) is 0 Å². The summed E-state index contributed by atoms with van der Waals surface area (Å²) in [6.07, 6.45) is 3.57. The molecular formula is C11H11Cl2N3S3. The molecule has 0 amide bonds. The first-order chi connectivity index (χ1) is 9.16. The van der Waals surface area contributed by atoms with Crippen molar-refractivity contribution < 1.29 is 0 Å². The monoisotopic (exact) mass is 351 g/mol. The van der Waals surface area contributed by atoms with Gasteiger partial charge >= 0.3 is 0 Å². The lowest BCUT2D eigenvalue weighted by Gasteiger charge is -2.07. The molecule has 0 spiro atoms. The summed E-state index contributed by atoms with van der Waals surface area (Å²) >= 11 is 20.2. The highest BCUT2D eigenvalue weighted by atomic mass is 35.5. The smallest absolute Gasteiger partial charge is 0.188 e. The van der Waals surface area contributed by atoms with Gasteiger partial charge in [0.2, 0.25) is 0 Å². The van der Waals surface area contributed by atoms with E-state index in [0.717, 1.165) is 29.4 Å². The Balaban J connectivity index is 1.67. The minimum Gasteiger partial charge on any atom is -0.362 e. The Kier molecular flexibility index (Phi) is 5.84. The van der Waals surface area contributed by atoms with Crippen molar-refractivity contribution in [2.24, 2.45) is 0 Å². The molecular weight excluding hydrogens is 341 g/mol. The van der Waals surface area contributed by atoms with Crippen LogP contribution in [-0.4, -0.2) is 16.6 Å². The molecule has 0 bridgehead atoms. The number of halogens is 2. The van der Waals surface area contributed by atoms with E-state index in [1.165, 1.54) is 11.3 Å². The number of thiocarbonyl (C=S) groups is 1. The van der Waals surface area contributed by atoms with Crippen LogP contribution in [0.15, 0.2) is 17.0 Å². The minimum atomic E-state index is 0.588. The van der Waals surface area contributed by atoms with Crippen molar-refractivity contribution in [3.8, 4) is 0 Å². The van der Waals surface area contributed by atoms with Gasteiger partial charge in [-0.1, -0.05) is 23.2 Å². The predicted molar refractivity (Wildman–Crippen MR) is 89.0 cm³/mol. The topological polar surface area (TPSA) is 37.0 Å². The lowest BCUT2D eigenvalue weighted by Crippen LogP contribution is -2.29. The van der Waals surface area contributed by atoms with Gasteiger partial charge in [0.25, 0.3) is 0 Å².